The number of benzene rings is 2. The van der Waals surface area contributed by atoms with Gasteiger partial charge in [-0.2, -0.15) is 23.4 Å². The van der Waals surface area contributed by atoms with Crippen molar-refractivity contribution in [3.8, 4) is 11.3 Å². The molecule has 0 amide bonds. The van der Waals surface area contributed by atoms with E-state index in [0.717, 1.165) is 67.8 Å². The first-order chi connectivity index (χ1) is 16.4. The zero-order valence-corrected chi connectivity index (χ0v) is 19.2. The fourth-order valence-electron chi connectivity index (χ4n) is 4.56. The van der Waals surface area contributed by atoms with Crippen LogP contribution in [0.5, 0.6) is 0 Å². The van der Waals surface area contributed by atoms with Crippen LogP contribution in [0.25, 0.3) is 11.3 Å². The van der Waals surface area contributed by atoms with Crippen LogP contribution in [0.15, 0.2) is 48.5 Å². The van der Waals surface area contributed by atoms with E-state index in [4.69, 9.17) is 16.3 Å². The average Bonchev–Trinajstić information content (AvgIpc) is 2.84. The van der Waals surface area contributed by atoms with E-state index in [-0.39, 0.29) is 17.1 Å². The lowest BCUT2D eigenvalue weighted by atomic mass is 10.0. The summed E-state index contributed by atoms with van der Waals surface area (Å²) in [5, 5.41) is 9.11. The third-order valence-electron chi connectivity index (χ3n) is 6.30. The molecular formula is C25H24ClF3N4O. The first-order valence-corrected chi connectivity index (χ1v) is 11.7. The lowest BCUT2D eigenvalue weighted by molar-refractivity contribution is -0.138. The lowest BCUT2D eigenvalue weighted by Crippen LogP contribution is -2.36. The maximum Gasteiger partial charge on any atom is 0.416 e. The molecule has 0 atom stereocenters. The van der Waals surface area contributed by atoms with Crippen molar-refractivity contribution in [3.05, 3.63) is 70.4 Å². The van der Waals surface area contributed by atoms with Crippen molar-refractivity contribution < 1.29 is 17.9 Å². The number of aryl methyl sites for hydroxylation is 1. The molecule has 0 spiro atoms. The van der Waals surface area contributed by atoms with Gasteiger partial charge in [0.15, 0.2) is 0 Å². The first-order valence-electron chi connectivity index (χ1n) is 11.3. The molecule has 0 aliphatic carbocycles. The Morgan fingerprint density at radius 1 is 0.941 bits per heavy atom. The zero-order valence-electron chi connectivity index (χ0n) is 18.5. The van der Waals surface area contributed by atoms with Gasteiger partial charge in [-0.3, -0.25) is 0 Å². The lowest BCUT2D eigenvalue weighted by Gasteiger charge is -2.31. The minimum Gasteiger partial charge on any atom is -0.378 e. The molecule has 2 aromatic carbocycles. The highest BCUT2D eigenvalue weighted by atomic mass is 35.5. The predicted molar refractivity (Wildman–Crippen MR) is 126 cm³/mol. The molecule has 2 aliphatic rings. The van der Waals surface area contributed by atoms with Crippen LogP contribution in [0.1, 0.15) is 23.2 Å². The monoisotopic (exact) mass is 488 g/mol. The van der Waals surface area contributed by atoms with Crippen LogP contribution in [0.3, 0.4) is 0 Å². The highest BCUT2D eigenvalue weighted by Gasteiger charge is 2.34. The van der Waals surface area contributed by atoms with Crippen LogP contribution >= 0.6 is 11.6 Å². The van der Waals surface area contributed by atoms with Gasteiger partial charge in [0.25, 0.3) is 0 Å². The molecule has 34 heavy (non-hydrogen) atoms. The molecule has 3 heterocycles. The molecule has 2 aliphatic heterocycles. The van der Waals surface area contributed by atoms with Crippen molar-refractivity contribution in [3.63, 3.8) is 0 Å². The molecule has 5 nitrogen and oxygen atoms in total. The molecule has 0 radical (unpaired) electrons. The van der Waals surface area contributed by atoms with Crippen molar-refractivity contribution >= 4 is 23.0 Å². The number of halogens is 4. The topological polar surface area (TPSA) is 41.5 Å². The third kappa shape index (κ3) is 4.83. The number of nitrogens with zero attached hydrogens (tertiary/aromatic N) is 4. The summed E-state index contributed by atoms with van der Waals surface area (Å²) in [5.41, 5.74) is 3.85. The number of aromatic nitrogens is 2. The Hall–Kier alpha value is -2.84. The molecule has 0 unspecified atom stereocenters. The van der Waals surface area contributed by atoms with Crippen LogP contribution in [0.4, 0.5) is 24.5 Å². The molecule has 0 bridgehead atoms. The Morgan fingerprint density at radius 2 is 1.71 bits per heavy atom. The van der Waals surface area contributed by atoms with Gasteiger partial charge < -0.3 is 14.5 Å². The predicted octanol–water partition coefficient (Wildman–Crippen LogP) is 5.61. The second-order valence-electron chi connectivity index (χ2n) is 8.53. The Kier molecular flexibility index (Phi) is 6.36. The van der Waals surface area contributed by atoms with Gasteiger partial charge in [-0.15, -0.1) is 0 Å². The van der Waals surface area contributed by atoms with Gasteiger partial charge >= 0.3 is 6.18 Å². The number of rotatable bonds is 4. The van der Waals surface area contributed by atoms with Crippen molar-refractivity contribution in [2.24, 2.45) is 0 Å². The summed E-state index contributed by atoms with van der Waals surface area (Å²) < 4.78 is 46.2. The van der Waals surface area contributed by atoms with Crippen LogP contribution in [0, 0.1) is 0 Å². The number of anilines is 2. The third-order valence-corrected chi connectivity index (χ3v) is 6.54. The summed E-state index contributed by atoms with van der Waals surface area (Å²) in [4.78, 5) is 4.22. The minimum atomic E-state index is -4.44. The van der Waals surface area contributed by atoms with Crippen molar-refractivity contribution in [1.82, 2.24) is 10.2 Å². The van der Waals surface area contributed by atoms with Gasteiger partial charge in [-0.1, -0.05) is 23.7 Å². The maximum absolute atomic E-state index is 13.6. The molecule has 178 valence electrons. The molecule has 9 heteroatoms. The van der Waals surface area contributed by atoms with Gasteiger partial charge in [0.1, 0.15) is 0 Å². The van der Waals surface area contributed by atoms with Gasteiger partial charge in [-0.25, -0.2) is 0 Å². The molecular weight excluding hydrogens is 465 g/mol. The SMILES string of the molecule is FC(F)(F)c1ccc(Cl)cc1CN1CCCc2nnc(-c3ccc(N4CCOCC4)cc3)cc21. The van der Waals surface area contributed by atoms with Crippen molar-refractivity contribution in [2.45, 2.75) is 25.6 Å². The highest BCUT2D eigenvalue weighted by Crippen LogP contribution is 2.36. The van der Waals surface area contributed by atoms with Crippen LogP contribution < -0.4 is 9.80 Å². The summed E-state index contributed by atoms with van der Waals surface area (Å²) >= 11 is 6.04. The van der Waals surface area contributed by atoms with E-state index in [9.17, 15) is 13.2 Å². The van der Waals surface area contributed by atoms with Crippen molar-refractivity contribution in [2.75, 3.05) is 42.6 Å². The summed E-state index contributed by atoms with van der Waals surface area (Å²) in [5.74, 6) is 0. The van der Waals surface area contributed by atoms with Crippen LogP contribution in [-0.2, 0) is 23.9 Å². The number of fused-ring (bicyclic) bond motifs is 1. The summed E-state index contributed by atoms with van der Waals surface area (Å²) in [7, 11) is 0. The first kappa shape index (κ1) is 22.9. The zero-order chi connectivity index (χ0) is 23.7. The number of morpholine rings is 1. The van der Waals surface area contributed by atoms with Gasteiger partial charge in [-0.05, 0) is 54.8 Å². The molecule has 0 N–H and O–H groups in total. The molecule has 0 saturated carbocycles. The number of hydrogen-bond donors (Lipinski definition) is 0. The second-order valence-corrected chi connectivity index (χ2v) is 8.97. The molecule has 1 fully saturated rings. The van der Waals surface area contributed by atoms with E-state index in [1.165, 1.54) is 12.1 Å². The Labute approximate surface area is 201 Å². The fraction of sp³-hybridized carbons (Fsp3) is 0.360. The average molecular weight is 489 g/mol. The van der Waals surface area contributed by atoms with E-state index in [1.807, 2.05) is 23.1 Å². The summed E-state index contributed by atoms with van der Waals surface area (Å²) in [6.07, 6.45) is -2.89. The van der Waals surface area contributed by atoms with Crippen molar-refractivity contribution in [1.29, 1.82) is 0 Å². The quantitative estimate of drug-likeness (QED) is 0.478. The van der Waals surface area contributed by atoms with E-state index in [0.29, 0.717) is 12.2 Å². The Bertz CT molecular complexity index is 1160. The highest BCUT2D eigenvalue weighted by molar-refractivity contribution is 6.30. The molecule has 3 aromatic rings. The number of hydrogen-bond acceptors (Lipinski definition) is 5. The largest absolute Gasteiger partial charge is 0.416 e. The smallest absolute Gasteiger partial charge is 0.378 e. The second kappa shape index (κ2) is 9.43. The molecule has 5 rings (SSSR count). The van der Waals surface area contributed by atoms with E-state index in [1.54, 1.807) is 0 Å². The Balaban J connectivity index is 1.43. The normalized spacial score (nSPS) is 16.5. The van der Waals surface area contributed by atoms with Gasteiger partial charge in [0, 0.05) is 42.5 Å². The molecule has 1 aromatic heterocycles. The summed E-state index contributed by atoms with van der Waals surface area (Å²) in [6, 6.07) is 13.8. The van der Waals surface area contributed by atoms with Crippen LogP contribution in [0.2, 0.25) is 5.02 Å². The van der Waals surface area contributed by atoms with E-state index >= 15 is 0 Å². The number of ether oxygens (including phenoxy) is 1. The summed E-state index contributed by atoms with van der Waals surface area (Å²) in [6.45, 7) is 3.89. The Morgan fingerprint density at radius 3 is 2.44 bits per heavy atom. The van der Waals surface area contributed by atoms with Crippen LogP contribution in [-0.4, -0.2) is 43.0 Å². The van der Waals surface area contributed by atoms with Gasteiger partial charge in [0.2, 0.25) is 0 Å². The van der Waals surface area contributed by atoms with E-state index < -0.39 is 11.7 Å². The fourth-order valence-corrected chi connectivity index (χ4v) is 4.76. The van der Waals surface area contributed by atoms with E-state index in [2.05, 4.69) is 27.2 Å². The maximum atomic E-state index is 13.6. The minimum absolute atomic E-state index is 0.101. The number of alkyl halides is 3. The molecule has 1 saturated heterocycles. The standard InChI is InChI=1S/C25H24ClF3N4O/c26-19-5-8-21(25(27,28)29)18(14-19)16-33-9-1-2-22-24(33)15-23(31-30-22)17-3-6-20(7-4-17)32-10-12-34-13-11-32/h3-8,14-15H,1-2,9-13,16H2. The van der Waals surface area contributed by atoms with Gasteiger partial charge in [0.05, 0.1) is 35.9 Å².